The van der Waals surface area contributed by atoms with Crippen LogP contribution in [0.3, 0.4) is 0 Å². The molecule has 2 unspecified atom stereocenters. The van der Waals surface area contributed by atoms with Crippen molar-refractivity contribution in [2.24, 2.45) is 0 Å². The molecule has 0 aromatic carbocycles. The fourth-order valence-corrected chi connectivity index (χ4v) is 4.31. The SMILES string of the molecule is O=C(O)c1ccsc1C1(O)CCN2CCCC2C1. The molecule has 2 aliphatic rings. The van der Waals surface area contributed by atoms with E-state index >= 15 is 0 Å². The third-order valence-corrected chi connectivity index (χ3v) is 5.31. The van der Waals surface area contributed by atoms with Gasteiger partial charge in [0.2, 0.25) is 0 Å². The highest BCUT2D eigenvalue weighted by atomic mass is 32.1. The number of thiophene rings is 1. The Bertz CT molecular complexity index is 473. The highest BCUT2D eigenvalue weighted by Gasteiger charge is 2.43. The van der Waals surface area contributed by atoms with Gasteiger partial charge in [-0.15, -0.1) is 11.3 Å². The smallest absolute Gasteiger partial charge is 0.336 e. The quantitative estimate of drug-likeness (QED) is 0.859. The van der Waals surface area contributed by atoms with Gasteiger partial charge in [0.05, 0.1) is 10.4 Å². The van der Waals surface area contributed by atoms with Gasteiger partial charge in [-0.3, -0.25) is 0 Å². The van der Waals surface area contributed by atoms with Crippen molar-refractivity contribution in [3.05, 3.63) is 21.9 Å². The van der Waals surface area contributed by atoms with Gasteiger partial charge in [-0.2, -0.15) is 0 Å². The van der Waals surface area contributed by atoms with Crippen molar-refractivity contribution < 1.29 is 15.0 Å². The molecule has 0 spiro atoms. The molecular formula is C13H17NO3S. The lowest BCUT2D eigenvalue weighted by Gasteiger charge is -2.40. The number of rotatable bonds is 2. The van der Waals surface area contributed by atoms with Crippen LogP contribution in [0, 0.1) is 0 Å². The summed E-state index contributed by atoms with van der Waals surface area (Å²) >= 11 is 1.37. The number of aromatic carboxylic acids is 1. The maximum atomic E-state index is 11.2. The van der Waals surface area contributed by atoms with Crippen molar-refractivity contribution in [3.63, 3.8) is 0 Å². The lowest BCUT2D eigenvalue weighted by molar-refractivity contribution is -0.0387. The Morgan fingerprint density at radius 3 is 3.11 bits per heavy atom. The molecule has 2 atom stereocenters. The fraction of sp³-hybridized carbons (Fsp3) is 0.615. The number of nitrogens with zero attached hydrogens (tertiary/aromatic N) is 1. The summed E-state index contributed by atoms with van der Waals surface area (Å²) in [6.07, 6.45) is 3.63. The predicted molar refractivity (Wildman–Crippen MR) is 69.0 cm³/mol. The number of aliphatic hydroxyl groups is 1. The summed E-state index contributed by atoms with van der Waals surface area (Å²) in [6, 6.07) is 2.02. The topological polar surface area (TPSA) is 60.8 Å². The highest BCUT2D eigenvalue weighted by molar-refractivity contribution is 7.10. The van der Waals surface area contributed by atoms with Crippen LogP contribution in [0.5, 0.6) is 0 Å². The zero-order valence-electron chi connectivity index (χ0n) is 10.1. The van der Waals surface area contributed by atoms with Crippen LogP contribution in [-0.2, 0) is 5.60 Å². The summed E-state index contributed by atoms with van der Waals surface area (Å²) in [5.41, 5.74) is -0.665. The van der Waals surface area contributed by atoms with Gasteiger partial charge in [-0.25, -0.2) is 4.79 Å². The van der Waals surface area contributed by atoms with Gasteiger partial charge in [0.15, 0.2) is 0 Å². The molecule has 2 saturated heterocycles. The van der Waals surface area contributed by atoms with Crippen LogP contribution in [-0.4, -0.2) is 40.2 Å². The van der Waals surface area contributed by atoms with Crippen LogP contribution in [0.2, 0.25) is 0 Å². The average Bonchev–Trinajstić information content (AvgIpc) is 2.96. The summed E-state index contributed by atoms with van der Waals surface area (Å²) in [5.74, 6) is -0.937. The molecule has 2 N–H and O–H groups in total. The molecule has 18 heavy (non-hydrogen) atoms. The first-order valence-electron chi connectivity index (χ1n) is 6.38. The molecule has 0 amide bonds. The van der Waals surface area contributed by atoms with E-state index in [2.05, 4.69) is 4.90 Å². The van der Waals surface area contributed by atoms with Crippen LogP contribution >= 0.6 is 11.3 Å². The van der Waals surface area contributed by atoms with Gasteiger partial charge in [-0.05, 0) is 43.7 Å². The lowest BCUT2D eigenvalue weighted by Crippen LogP contribution is -2.46. The summed E-state index contributed by atoms with van der Waals surface area (Å²) < 4.78 is 0. The van der Waals surface area contributed by atoms with E-state index < -0.39 is 11.6 Å². The molecule has 4 nitrogen and oxygen atoms in total. The first kappa shape index (κ1) is 12.1. The minimum Gasteiger partial charge on any atom is -0.478 e. The maximum absolute atomic E-state index is 11.2. The number of hydrogen-bond donors (Lipinski definition) is 2. The Morgan fingerprint density at radius 1 is 1.50 bits per heavy atom. The molecule has 3 heterocycles. The number of carboxylic acids is 1. The van der Waals surface area contributed by atoms with Gasteiger partial charge in [0.1, 0.15) is 5.60 Å². The van der Waals surface area contributed by atoms with Crippen LogP contribution < -0.4 is 0 Å². The molecule has 1 aromatic heterocycles. The Kier molecular flexibility index (Phi) is 2.92. The predicted octanol–water partition coefficient (Wildman–Crippen LogP) is 1.89. The van der Waals surface area contributed by atoms with Crippen LogP contribution in [0.15, 0.2) is 11.4 Å². The average molecular weight is 267 g/mol. The molecule has 2 fully saturated rings. The molecule has 3 rings (SSSR count). The summed E-state index contributed by atoms with van der Waals surface area (Å²) in [4.78, 5) is 14.2. The Labute approximate surface area is 110 Å². The highest BCUT2D eigenvalue weighted by Crippen LogP contribution is 2.42. The Morgan fingerprint density at radius 2 is 2.33 bits per heavy atom. The molecule has 1 aromatic rings. The van der Waals surface area contributed by atoms with Gasteiger partial charge in [0, 0.05) is 12.6 Å². The van der Waals surface area contributed by atoms with Crippen molar-refractivity contribution in [2.45, 2.75) is 37.3 Å². The normalized spacial score (nSPS) is 32.4. The number of carboxylic acid groups (broad SMARTS) is 1. The van der Waals surface area contributed by atoms with E-state index in [1.165, 1.54) is 17.8 Å². The standard InChI is InChI=1S/C13H17NO3S/c15-12(16)10-3-7-18-11(10)13(17)4-6-14-5-1-2-9(14)8-13/h3,7,9,17H,1-2,4-6,8H2,(H,15,16). The van der Waals surface area contributed by atoms with E-state index in [0.29, 0.717) is 23.8 Å². The van der Waals surface area contributed by atoms with Gasteiger partial charge >= 0.3 is 5.97 Å². The minimum atomic E-state index is -0.937. The van der Waals surface area contributed by atoms with Crippen molar-refractivity contribution in [1.29, 1.82) is 0 Å². The van der Waals surface area contributed by atoms with Crippen molar-refractivity contribution in [1.82, 2.24) is 4.90 Å². The first-order valence-corrected chi connectivity index (χ1v) is 7.26. The van der Waals surface area contributed by atoms with Crippen molar-refractivity contribution in [2.75, 3.05) is 13.1 Å². The zero-order chi connectivity index (χ0) is 12.8. The zero-order valence-corrected chi connectivity index (χ0v) is 10.9. The monoisotopic (exact) mass is 267 g/mol. The third kappa shape index (κ3) is 1.86. The third-order valence-electron chi connectivity index (χ3n) is 4.20. The lowest BCUT2D eigenvalue weighted by atomic mass is 9.84. The summed E-state index contributed by atoms with van der Waals surface area (Å²) in [6.45, 7) is 2.00. The molecule has 0 bridgehead atoms. The second-order valence-corrected chi connectivity index (χ2v) is 6.20. The second-order valence-electron chi connectivity index (χ2n) is 5.29. The van der Waals surface area contributed by atoms with Gasteiger partial charge in [0.25, 0.3) is 0 Å². The number of hydrogen-bond acceptors (Lipinski definition) is 4. The largest absolute Gasteiger partial charge is 0.478 e. The van der Waals surface area contributed by atoms with Crippen LogP contribution in [0.25, 0.3) is 0 Å². The van der Waals surface area contributed by atoms with Crippen LogP contribution in [0.1, 0.15) is 40.9 Å². The van der Waals surface area contributed by atoms with E-state index in [-0.39, 0.29) is 5.56 Å². The molecular weight excluding hydrogens is 250 g/mol. The van der Waals surface area contributed by atoms with Gasteiger partial charge < -0.3 is 15.1 Å². The van der Waals surface area contributed by atoms with E-state index in [4.69, 9.17) is 0 Å². The van der Waals surface area contributed by atoms with Crippen LogP contribution in [0.4, 0.5) is 0 Å². The maximum Gasteiger partial charge on any atom is 0.336 e. The Hall–Kier alpha value is -0.910. The molecule has 0 radical (unpaired) electrons. The van der Waals surface area contributed by atoms with E-state index in [1.54, 1.807) is 11.4 Å². The van der Waals surface area contributed by atoms with Crippen molar-refractivity contribution in [3.8, 4) is 0 Å². The number of piperidine rings is 1. The van der Waals surface area contributed by atoms with E-state index in [9.17, 15) is 15.0 Å². The molecule has 98 valence electrons. The minimum absolute atomic E-state index is 0.272. The van der Waals surface area contributed by atoms with Crippen molar-refractivity contribution >= 4 is 17.3 Å². The fourth-order valence-electron chi connectivity index (χ4n) is 3.29. The molecule has 5 heteroatoms. The summed E-state index contributed by atoms with van der Waals surface area (Å²) in [7, 11) is 0. The van der Waals surface area contributed by atoms with E-state index in [1.807, 2.05) is 0 Å². The summed E-state index contributed by atoms with van der Waals surface area (Å²) in [5, 5.41) is 21.8. The second kappa shape index (κ2) is 4.33. The first-order chi connectivity index (χ1) is 8.60. The van der Waals surface area contributed by atoms with Gasteiger partial charge in [-0.1, -0.05) is 0 Å². The van der Waals surface area contributed by atoms with E-state index in [0.717, 1.165) is 19.5 Å². The number of fused-ring (bicyclic) bond motifs is 1. The molecule has 2 aliphatic heterocycles. The molecule has 0 saturated carbocycles. The Balaban J connectivity index is 1.90. The molecule has 0 aliphatic carbocycles. The number of carbonyl (C=O) groups is 1.